The number of carbonyl (C=O) groups is 1. The Bertz CT molecular complexity index is 561. The van der Waals surface area contributed by atoms with Crippen LogP contribution in [-0.2, 0) is 0 Å². The molecular weight excluding hydrogens is 237 g/mol. The first-order valence-corrected chi connectivity index (χ1v) is 5.12. The van der Waals surface area contributed by atoms with E-state index in [0.29, 0.717) is 0 Å². The lowest BCUT2D eigenvalue weighted by atomic mass is 10.2. The Balaban J connectivity index is 2.27. The summed E-state index contributed by atoms with van der Waals surface area (Å²) in [5, 5.41) is 2.42. The number of rotatable bonds is 3. The van der Waals surface area contributed by atoms with Crippen LogP contribution in [-0.4, -0.2) is 23.0 Å². The van der Waals surface area contributed by atoms with Gasteiger partial charge in [0.15, 0.2) is 5.82 Å². The van der Waals surface area contributed by atoms with Crippen molar-refractivity contribution in [1.82, 2.24) is 9.97 Å². The number of para-hydroxylation sites is 1. The summed E-state index contributed by atoms with van der Waals surface area (Å²) in [6, 6.07) is 5.72. The van der Waals surface area contributed by atoms with Crippen molar-refractivity contribution in [3.8, 4) is 5.75 Å². The van der Waals surface area contributed by atoms with Crippen molar-refractivity contribution in [2.24, 2.45) is 0 Å². The number of nitrogens with one attached hydrogen (secondary N) is 1. The molecule has 0 spiro atoms. The number of benzene rings is 1. The first-order valence-electron chi connectivity index (χ1n) is 5.12. The van der Waals surface area contributed by atoms with Crippen LogP contribution >= 0.6 is 0 Å². The molecule has 0 aliphatic rings. The predicted molar refractivity (Wildman–Crippen MR) is 62.9 cm³/mol. The molecule has 1 aromatic carbocycles. The summed E-state index contributed by atoms with van der Waals surface area (Å²) in [5.74, 6) is -0.852. The Labute approximate surface area is 103 Å². The van der Waals surface area contributed by atoms with E-state index in [0.717, 1.165) is 0 Å². The van der Waals surface area contributed by atoms with Crippen molar-refractivity contribution in [2.75, 3.05) is 12.4 Å². The van der Waals surface area contributed by atoms with Gasteiger partial charge in [-0.2, -0.15) is 0 Å². The highest BCUT2D eigenvalue weighted by molar-refractivity contribution is 6.03. The van der Waals surface area contributed by atoms with Gasteiger partial charge in [0.25, 0.3) is 5.91 Å². The van der Waals surface area contributed by atoms with Crippen LogP contribution in [0.1, 0.15) is 10.5 Å². The number of nitrogens with zero attached hydrogens (tertiary/aromatic N) is 2. The smallest absolute Gasteiger partial charge is 0.274 e. The molecule has 1 heterocycles. The molecule has 2 aromatic rings. The lowest BCUT2D eigenvalue weighted by molar-refractivity contribution is 0.102. The molecule has 5 nitrogen and oxygen atoms in total. The summed E-state index contributed by atoms with van der Waals surface area (Å²) in [4.78, 5) is 19.3. The van der Waals surface area contributed by atoms with Crippen molar-refractivity contribution in [3.05, 3.63) is 48.3 Å². The van der Waals surface area contributed by atoms with Gasteiger partial charge in [0.1, 0.15) is 23.5 Å². The zero-order valence-electron chi connectivity index (χ0n) is 9.55. The van der Waals surface area contributed by atoms with Crippen LogP contribution in [0.2, 0.25) is 0 Å². The summed E-state index contributed by atoms with van der Waals surface area (Å²) >= 11 is 0. The van der Waals surface area contributed by atoms with Gasteiger partial charge in [-0.05, 0) is 18.2 Å². The molecule has 0 fully saturated rings. The third kappa shape index (κ3) is 2.42. The Hall–Kier alpha value is -2.50. The van der Waals surface area contributed by atoms with Gasteiger partial charge in [-0.3, -0.25) is 4.79 Å². The van der Waals surface area contributed by atoms with Crippen LogP contribution in [0.3, 0.4) is 0 Å². The number of ether oxygens (including phenoxy) is 1. The SMILES string of the molecule is COc1cccc(F)c1NC(=O)c1ccncn1. The largest absolute Gasteiger partial charge is 0.494 e. The fraction of sp³-hybridized carbons (Fsp3) is 0.0833. The number of hydrogen-bond donors (Lipinski definition) is 1. The van der Waals surface area contributed by atoms with Gasteiger partial charge in [-0.1, -0.05) is 6.07 Å². The lowest BCUT2D eigenvalue weighted by Crippen LogP contribution is -2.15. The molecule has 0 unspecified atom stereocenters. The normalized spacial score (nSPS) is 9.89. The average molecular weight is 247 g/mol. The second-order valence-corrected chi connectivity index (χ2v) is 3.37. The monoisotopic (exact) mass is 247 g/mol. The topological polar surface area (TPSA) is 64.1 Å². The quantitative estimate of drug-likeness (QED) is 0.899. The van der Waals surface area contributed by atoms with Gasteiger partial charge in [0, 0.05) is 6.20 Å². The van der Waals surface area contributed by atoms with Crippen molar-refractivity contribution in [3.63, 3.8) is 0 Å². The molecule has 0 saturated carbocycles. The Morgan fingerprint density at radius 2 is 2.22 bits per heavy atom. The molecule has 1 N–H and O–H groups in total. The molecule has 0 saturated heterocycles. The third-order valence-electron chi connectivity index (χ3n) is 2.25. The Morgan fingerprint density at radius 1 is 1.39 bits per heavy atom. The van der Waals surface area contributed by atoms with E-state index in [4.69, 9.17) is 4.74 Å². The Morgan fingerprint density at radius 3 is 2.89 bits per heavy atom. The van der Waals surface area contributed by atoms with Gasteiger partial charge in [-0.15, -0.1) is 0 Å². The second kappa shape index (κ2) is 5.22. The highest BCUT2D eigenvalue weighted by atomic mass is 19.1. The van der Waals surface area contributed by atoms with Gasteiger partial charge < -0.3 is 10.1 Å². The number of halogens is 1. The van der Waals surface area contributed by atoms with Crippen LogP contribution in [0.25, 0.3) is 0 Å². The number of amides is 1. The fourth-order valence-electron chi connectivity index (χ4n) is 1.40. The number of aromatic nitrogens is 2. The van der Waals surface area contributed by atoms with E-state index in [1.54, 1.807) is 6.07 Å². The minimum absolute atomic E-state index is 0.0105. The molecule has 0 aliphatic heterocycles. The zero-order chi connectivity index (χ0) is 13.0. The molecule has 0 aliphatic carbocycles. The van der Waals surface area contributed by atoms with Crippen LogP contribution in [0.15, 0.2) is 36.8 Å². The molecule has 2 rings (SSSR count). The van der Waals surface area contributed by atoms with Gasteiger partial charge in [0.2, 0.25) is 0 Å². The molecule has 92 valence electrons. The summed E-state index contributed by atoms with van der Waals surface area (Å²) in [6.45, 7) is 0. The fourth-order valence-corrected chi connectivity index (χ4v) is 1.40. The molecule has 0 atom stereocenters. The minimum Gasteiger partial charge on any atom is -0.494 e. The molecule has 0 bridgehead atoms. The second-order valence-electron chi connectivity index (χ2n) is 3.37. The van der Waals surface area contributed by atoms with Crippen LogP contribution < -0.4 is 10.1 Å². The van der Waals surface area contributed by atoms with E-state index in [1.165, 1.54) is 37.8 Å². The summed E-state index contributed by atoms with van der Waals surface area (Å²) in [6.07, 6.45) is 2.67. The van der Waals surface area contributed by atoms with Gasteiger partial charge in [0.05, 0.1) is 7.11 Å². The van der Waals surface area contributed by atoms with Gasteiger partial charge in [-0.25, -0.2) is 14.4 Å². The molecule has 1 amide bonds. The third-order valence-corrected chi connectivity index (χ3v) is 2.25. The molecule has 1 aromatic heterocycles. The molecule has 18 heavy (non-hydrogen) atoms. The van der Waals surface area contributed by atoms with E-state index in [-0.39, 0.29) is 17.1 Å². The summed E-state index contributed by atoms with van der Waals surface area (Å²) in [7, 11) is 1.40. The van der Waals surface area contributed by atoms with Crippen LogP contribution in [0, 0.1) is 5.82 Å². The van der Waals surface area contributed by atoms with Crippen LogP contribution in [0.4, 0.5) is 10.1 Å². The first-order chi connectivity index (χ1) is 8.72. The number of anilines is 1. The number of methoxy groups -OCH3 is 1. The zero-order valence-corrected chi connectivity index (χ0v) is 9.55. The lowest BCUT2D eigenvalue weighted by Gasteiger charge is -2.10. The summed E-state index contributed by atoms with van der Waals surface area (Å²) in [5.41, 5.74) is 0.138. The first kappa shape index (κ1) is 12.0. The van der Waals surface area contributed by atoms with Crippen molar-refractivity contribution < 1.29 is 13.9 Å². The van der Waals surface area contributed by atoms with Crippen molar-refractivity contribution >= 4 is 11.6 Å². The van der Waals surface area contributed by atoms with E-state index in [2.05, 4.69) is 15.3 Å². The van der Waals surface area contributed by atoms with E-state index in [1.807, 2.05) is 0 Å². The Kier molecular flexibility index (Phi) is 3.47. The predicted octanol–water partition coefficient (Wildman–Crippen LogP) is 1.88. The maximum Gasteiger partial charge on any atom is 0.274 e. The summed E-state index contributed by atoms with van der Waals surface area (Å²) < 4.78 is 18.6. The average Bonchev–Trinajstić information content (AvgIpc) is 2.42. The van der Waals surface area contributed by atoms with Crippen molar-refractivity contribution in [1.29, 1.82) is 0 Å². The molecular formula is C12H10FN3O2. The van der Waals surface area contributed by atoms with E-state index < -0.39 is 11.7 Å². The molecule has 0 radical (unpaired) electrons. The van der Waals surface area contributed by atoms with Crippen LogP contribution in [0.5, 0.6) is 5.75 Å². The minimum atomic E-state index is -0.572. The van der Waals surface area contributed by atoms with E-state index >= 15 is 0 Å². The van der Waals surface area contributed by atoms with Crippen molar-refractivity contribution in [2.45, 2.75) is 0 Å². The standard InChI is InChI=1S/C12H10FN3O2/c1-18-10-4-2-3-8(13)11(10)16-12(17)9-5-6-14-7-15-9/h2-7H,1H3,(H,16,17). The number of carbonyl (C=O) groups excluding carboxylic acids is 1. The maximum absolute atomic E-state index is 13.6. The van der Waals surface area contributed by atoms with Gasteiger partial charge >= 0.3 is 0 Å². The number of hydrogen-bond acceptors (Lipinski definition) is 4. The highest BCUT2D eigenvalue weighted by Gasteiger charge is 2.14. The van der Waals surface area contributed by atoms with E-state index in [9.17, 15) is 9.18 Å². The maximum atomic E-state index is 13.6. The molecule has 6 heteroatoms. The highest BCUT2D eigenvalue weighted by Crippen LogP contribution is 2.27.